The monoisotopic (exact) mass is 362 g/mol. The lowest BCUT2D eigenvalue weighted by atomic mass is 10.2. The maximum absolute atomic E-state index is 5.93. The number of rotatable bonds is 9. The molecule has 6 heteroatoms. The highest BCUT2D eigenvalue weighted by Gasteiger charge is 2.10. The second kappa shape index (κ2) is 11.8. The van der Waals surface area contributed by atoms with Gasteiger partial charge in [-0.05, 0) is 24.1 Å². The van der Waals surface area contributed by atoms with Crippen molar-refractivity contribution in [3.05, 3.63) is 29.8 Å². The third-order valence-electron chi connectivity index (χ3n) is 4.55. The molecule has 1 aliphatic rings. The van der Waals surface area contributed by atoms with Gasteiger partial charge in [-0.25, -0.2) is 0 Å². The first-order valence-corrected chi connectivity index (χ1v) is 9.66. The van der Waals surface area contributed by atoms with Gasteiger partial charge in [-0.3, -0.25) is 9.89 Å². The summed E-state index contributed by atoms with van der Waals surface area (Å²) in [6.45, 7) is 9.26. The largest absolute Gasteiger partial charge is 0.492 e. The Morgan fingerprint density at radius 1 is 1.35 bits per heavy atom. The quantitative estimate of drug-likeness (QED) is 0.539. The van der Waals surface area contributed by atoms with Gasteiger partial charge in [0, 0.05) is 46.8 Å². The van der Waals surface area contributed by atoms with Crippen LogP contribution in [0.15, 0.2) is 29.3 Å². The van der Waals surface area contributed by atoms with Crippen molar-refractivity contribution in [3.8, 4) is 5.75 Å². The molecular formula is C20H34N4O2. The first kappa shape index (κ1) is 20.5. The van der Waals surface area contributed by atoms with Gasteiger partial charge in [-0.15, -0.1) is 0 Å². The summed E-state index contributed by atoms with van der Waals surface area (Å²) in [6.07, 6.45) is 2.36. The second-order valence-corrected chi connectivity index (χ2v) is 6.63. The predicted octanol–water partition coefficient (Wildman–Crippen LogP) is 2.20. The molecule has 0 aliphatic carbocycles. The Labute approximate surface area is 158 Å². The van der Waals surface area contributed by atoms with Crippen molar-refractivity contribution >= 4 is 5.96 Å². The summed E-state index contributed by atoms with van der Waals surface area (Å²) in [6, 6.07) is 8.28. The maximum atomic E-state index is 5.93. The van der Waals surface area contributed by atoms with Crippen LogP contribution in [0.4, 0.5) is 0 Å². The smallest absolute Gasteiger partial charge is 0.193 e. The Balaban J connectivity index is 1.76. The van der Waals surface area contributed by atoms with Gasteiger partial charge < -0.3 is 19.7 Å². The molecule has 26 heavy (non-hydrogen) atoms. The number of unbranched alkanes of at least 4 members (excludes halogenated alkanes) is 1. The predicted molar refractivity (Wildman–Crippen MR) is 107 cm³/mol. The zero-order valence-corrected chi connectivity index (χ0v) is 16.5. The van der Waals surface area contributed by atoms with Crippen LogP contribution in [-0.2, 0) is 11.3 Å². The first-order valence-electron chi connectivity index (χ1n) is 9.66. The fourth-order valence-electron chi connectivity index (χ4n) is 2.93. The number of aliphatic imine (C=N–C) groups is 1. The molecule has 146 valence electrons. The van der Waals surface area contributed by atoms with Crippen LogP contribution >= 0.6 is 0 Å². The van der Waals surface area contributed by atoms with E-state index in [1.165, 1.54) is 18.4 Å². The van der Waals surface area contributed by atoms with Crippen molar-refractivity contribution in [3.63, 3.8) is 0 Å². The highest BCUT2D eigenvalue weighted by molar-refractivity contribution is 5.79. The van der Waals surface area contributed by atoms with Gasteiger partial charge in [0.1, 0.15) is 12.4 Å². The maximum Gasteiger partial charge on any atom is 0.193 e. The first-order chi connectivity index (χ1) is 12.7. The van der Waals surface area contributed by atoms with E-state index >= 15 is 0 Å². The molecule has 1 saturated heterocycles. The average Bonchev–Trinajstić information content (AvgIpc) is 2.68. The number of nitrogens with zero attached hydrogens (tertiary/aromatic N) is 3. The van der Waals surface area contributed by atoms with Crippen molar-refractivity contribution in [2.45, 2.75) is 26.3 Å². The molecule has 6 nitrogen and oxygen atoms in total. The molecule has 0 spiro atoms. The van der Waals surface area contributed by atoms with E-state index in [2.05, 4.69) is 46.2 Å². The summed E-state index contributed by atoms with van der Waals surface area (Å²) < 4.78 is 11.3. The molecular weight excluding hydrogens is 328 g/mol. The van der Waals surface area contributed by atoms with Crippen LogP contribution in [0.2, 0.25) is 0 Å². The number of nitrogens with one attached hydrogen (secondary N) is 1. The van der Waals surface area contributed by atoms with Gasteiger partial charge in [0.15, 0.2) is 5.96 Å². The van der Waals surface area contributed by atoms with Crippen molar-refractivity contribution in [1.82, 2.24) is 15.1 Å². The molecule has 0 atom stereocenters. The number of ether oxygens (including phenoxy) is 2. The Kier molecular flexibility index (Phi) is 9.28. The van der Waals surface area contributed by atoms with Crippen molar-refractivity contribution in [2.24, 2.45) is 4.99 Å². The molecule has 0 radical (unpaired) electrons. The van der Waals surface area contributed by atoms with Gasteiger partial charge >= 0.3 is 0 Å². The molecule has 1 fully saturated rings. The SMILES string of the molecule is CCCCN(C)C(=NC)NCc1cccc(OCCN2CCOCC2)c1. The van der Waals surface area contributed by atoms with Gasteiger partial charge in [-0.2, -0.15) is 0 Å². The highest BCUT2D eigenvalue weighted by Crippen LogP contribution is 2.13. The third-order valence-corrected chi connectivity index (χ3v) is 4.55. The van der Waals surface area contributed by atoms with Crippen LogP contribution in [0.1, 0.15) is 25.3 Å². The molecule has 0 bridgehead atoms. The van der Waals surface area contributed by atoms with Crippen LogP contribution in [-0.4, -0.2) is 75.9 Å². The molecule has 1 heterocycles. The average molecular weight is 363 g/mol. The summed E-state index contributed by atoms with van der Waals surface area (Å²) in [5.74, 6) is 1.85. The molecule has 0 aromatic heterocycles. The summed E-state index contributed by atoms with van der Waals surface area (Å²) in [5, 5.41) is 3.43. The minimum absolute atomic E-state index is 0.707. The van der Waals surface area contributed by atoms with E-state index < -0.39 is 0 Å². The Morgan fingerprint density at radius 2 is 2.15 bits per heavy atom. The van der Waals surface area contributed by atoms with E-state index in [-0.39, 0.29) is 0 Å². The number of hydrogen-bond acceptors (Lipinski definition) is 4. The molecule has 2 rings (SSSR count). The van der Waals surface area contributed by atoms with Crippen molar-refractivity contribution in [2.75, 3.05) is 60.1 Å². The molecule has 1 aromatic carbocycles. The molecule has 1 N–H and O–H groups in total. The van der Waals surface area contributed by atoms with Crippen LogP contribution in [0, 0.1) is 0 Å². The van der Waals surface area contributed by atoms with Gasteiger partial charge in [0.25, 0.3) is 0 Å². The lowest BCUT2D eigenvalue weighted by Gasteiger charge is -2.26. The summed E-state index contributed by atoms with van der Waals surface area (Å²) >= 11 is 0. The lowest BCUT2D eigenvalue weighted by molar-refractivity contribution is 0.0322. The van der Waals surface area contributed by atoms with Crippen LogP contribution in [0.3, 0.4) is 0 Å². The summed E-state index contributed by atoms with van der Waals surface area (Å²) in [7, 11) is 3.91. The standard InChI is InChI=1S/C20H34N4O2/c1-4-5-9-23(3)20(21-2)22-17-18-7-6-8-19(16-18)26-15-12-24-10-13-25-14-11-24/h6-8,16H,4-5,9-15,17H2,1-3H3,(H,21,22). The fourth-order valence-corrected chi connectivity index (χ4v) is 2.93. The molecule has 0 saturated carbocycles. The van der Waals surface area contributed by atoms with Crippen molar-refractivity contribution in [1.29, 1.82) is 0 Å². The fraction of sp³-hybridized carbons (Fsp3) is 0.650. The van der Waals surface area contributed by atoms with E-state index in [1.807, 2.05) is 19.2 Å². The number of guanidine groups is 1. The Bertz CT molecular complexity index is 544. The number of hydrogen-bond donors (Lipinski definition) is 1. The van der Waals surface area contributed by atoms with Crippen molar-refractivity contribution < 1.29 is 9.47 Å². The Morgan fingerprint density at radius 3 is 2.88 bits per heavy atom. The van der Waals surface area contributed by atoms with Gasteiger partial charge in [0.05, 0.1) is 13.2 Å². The minimum atomic E-state index is 0.707. The van der Waals surface area contributed by atoms with E-state index in [0.29, 0.717) is 6.61 Å². The van der Waals surface area contributed by atoms with Crippen LogP contribution < -0.4 is 10.1 Å². The van der Waals surface area contributed by atoms with Crippen LogP contribution in [0.5, 0.6) is 5.75 Å². The summed E-state index contributed by atoms with van der Waals surface area (Å²) in [4.78, 5) is 8.92. The lowest BCUT2D eigenvalue weighted by Crippen LogP contribution is -2.39. The topological polar surface area (TPSA) is 49.3 Å². The minimum Gasteiger partial charge on any atom is -0.492 e. The number of morpholine rings is 1. The molecule has 0 unspecified atom stereocenters. The molecule has 1 aromatic rings. The van der Waals surface area contributed by atoms with Crippen LogP contribution in [0.25, 0.3) is 0 Å². The van der Waals surface area contributed by atoms with Gasteiger partial charge in [-0.1, -0.05) is 25.5 Å². The zero-order chi connectivity index (χ0) is 18.6. The number of benzene rings is 1. The second-order valence-electron chi connectivity index (χ2n) is 6.63. The van der Waals surface area contributed by atoms with E-state index in [1.54, 1.807) is 0 Å². The highest BCUT2D eigenvalue weighted by atomic mass is 16.5. The van der Waals surface area contributed by atoms with E-state index in [0.717, 1.165) is 57.6 Å². The summed E-state index contributed by atoms with van der Waals surface area (Å²) in [5.41, 5.74) is 1.19. The van der Waals surface area contributed by atoms with Gasteiger partial charge in [0.2, 0.25) is 0 Å². The zero-order valence-electron chi connectivity index (χ0n) is 16.5. The molecule has 0 amide bonds. The normalized spacial score (nSPS) is 15.7. The van der Waals surface area contributed by atoms with E-state index in [9.17, 15) is 0 Å². The third kappa shape index (κ3) is 7.22. The molecule has 1 aliphatic heterocycles. The van der Waals surface area contributed by atoms with E-state index in [4.69, 9.17) is 9.47 Å². The Hall–Kier alpha value is -1.79.